The molecule has 0 unspecified atom stereocenters. The van der Waals surface area contributed by atoms with Crippen molar-refractivity contribution in [1.29, 1.82) is 0 Å². The Hall–Kier alpha value is -0.130. The predicted octanol–water partition coefficient (Wildman–Crippen LogP) is 4.55. The first-order valence-corrected chi connectivity index (χ1v) is 8.42. The van der Waals surface area contributed by atoms with Gasteiger partial charge in [-0.05, 0) is 40.5 Å². The number of rotatable bonds is 1. The van der Waals surface area contributed by atoms with Crippen molar-refractivity contribution < 1.29 is 5.21 Å². The molecule has 1 aliphatic heterocycles. The number of nitrogens with one attached hydrogen (secondary N) is 1. The van der Waals surface area contributed by atoms with Crippen LogP contribution >= 0.6 is 46.4 Å². The Kier molecular flexibility index (Phi) is 5.02. The van der Waals surface area contributed by atoms with Gasteiger partial charge in [0.2, 0.25) is 0 Å². The van der Waals surface area contributed by atoms with Crippen LogP contribution in [0.5, 0.6) is 0 Å². The maximum Gasteiger partial charge on any atom is 0.185 e. The third-order valence-corrected chi connectivity index (χ3v) is 5.37. The number of hydrogen-bond acceptors (Lipinski definition) is 3. The van der Waals surface area contributed by atoms with Gasteiger partial charge in [-0.25, -0.2) is 0 Å². The van der Waals surface area contributed by atoms with Crippen molar-refractivity contribution in [2.75, 3.05) is 0 Å². The molecule has 2 rings (SSSR count). The van der Waals surface area contributed by atoms with E-state index in [9.17, 15) is 5.21 Å². The summed E-state index contributed by atoms with van der Waals surface area (Å²) in [5.41, 5.74) is -0.0367. The largest absolute Gasteiger partial charge is 0.425 e. The van der Waals surface area contributed by atoms with Crippen LogP contribution in [-0.4, -0.2) is 27.1 Å². The second-order valence-corrected chi connectivity index (χ2v) is 8.44. The van der Waals surface area contributed by atoms with Crippen LogP contribution in [0.4, 0.5) is 0 Å². The van der Waals surface area contributed by atoms with Gasteiger partial charge in [-0.15, -0.1) is 0 Å². The molecule has 0 spiro atoms. The monoisotopic (exact) mass is 385 g/mol. The first-order valence-electron chi connectivity index (χ1n) is 6.91. The number of pyridine rings is 1. The minimum atomic E-state index is -0.109. The molecule has 0 amide bonds. The summed E-state index contributed by atoms with van der Waals surface area (Å²) in [6, 6.07) is -0.0320. The predicted molar refractivity (Wildman–Crippen MR) is 91.5 cm³/mol. The summed E-state index contributed by atoms with van der Waals surface area (Å²) >= 11 is 24.1. The van der Waals surface area contributed by atoms with Crippen molar-refractivity contribution in [3.8, 4) is 0 Å². The highest BCUT2D eigenvalue weighted by atomic mass is 35.5. The van der Waals surface area contributed by atoms with Gasteiger partial charge in [0.05, 0.1) is 16.1 Å². The standard InChI is InChI=1S/C14H19Cl4N3O/c1-13(2)5-7(6-14(3,4)20-13)19-12-10(17)8(15)9(16)11(18)21(12)22/h7,20,22H,5-6H2,1-4H3. The summed E-state index contributed by atoms with van der Waals surface area (Å²) in [5, 5.41) is 13.8. The summed E-state index contributed by atoms with van der Waals surface area (Å²) in [4.78, 5) is 4.58. The maximum atomic E-state index is 10.1. The fourth-order valence-corrected chi connectivity index (χ4v) is 4.05. The molecule has 1 fully saturated rings. The van der Waals surface area contributed by atoms with Crippen molar-refractivity contribution >= 4 is 46.4 Å². The van der Waals surface area contributed by atoms with E-state index >= 15 is 0 Å². The van der Waals surface area contributed by atoms with Gasteiger partial charge in [-0.3, -0.25) is 4.99 Å². The third-order valence-electron chi connectivity index (χ3n) is 3.62. The van der Waals surface area contributed by atoms with E-state index in [0.717, 1.165) is 12.8 Å². The van der Waals surface area contributed by atoms with Crippen LogP contribution in [0.1, 0.15) is 40.5 Å². The van der Waals surface area contributed by atoms with E-state index in [4.69, 9.17) is 46.4 Å². The Labute approximate surface area is 150 Å². The van der Waals surface area contributed by atoms with E-state index in [1.165, 1.54) is 0 Å². The molecule has 8 heteroatoms. The summed E-state index contributed by atoms with van der Waals surface area (Å²) < 4.78 is 0.681. The van der Waals surface area contributed by atoms with Crippen molar-refractivity contribution in [3.05, 3.63) is 25.7 Å². The summed E-state index contributed by atoms with van der Waals surface area (Å²) in [7, 11) is 0. The Bertz CT molecular complexity index is 619. The average Bonchev–Trinajstić information content (AvgIpc) is 2.35. The van der Waals surface area contributed by atoms with Gasteiger partial charge in [0.1, 0.15) is 5.02 Å². The van der Waals surface area contributed by atoms with E-state index in [-0.39, 0.29) is 42.8 Å². The van der Waals surface area contributed by atoms with Crippen LogP contribution in [0, 0.1) is 0 Å². The van der Waals surface area contributed by atoms with Gasteiger partial charge in [-0.2, -0.15) is 4.73 Å². The Balaban J connectivity index is 2.54. The minimum absolute atomic E-state index is 0.000698. The lowest BCUT2D eigenvalue weighted by molar-refractivity contribution is 0.151. The lowest BCUT2D eigenvalue weighted by Crippen LogP contribution is -2.59. The van der Waals surface area contributed by atoms with Crippen LogP contribution < -0.4 is 10.8 Å². The van der Waals surface area contributed by atoms with E-state index in [1.807, 2.05) is 0 Å². The van der Waals surface area contributed by atoms with Crippen LogP contribution in [0.2, 0.25) is 20.2 Å². The van der Waals surface area contributed by atoms with Crippen LogP contribution in [0.25, 0.3) is 0 Å². The smallest absolute Gasteiger partial charge is 0.185 e. The molecule has 0 saturated carbocycles. The number of piperidine rings is 1. The van der Waals surface area contributed by atoms with Gasteiger partial charge in [-0.1, -0.05) is 46.4 Å². The first kappa shape index (κ1) is 18.2. The highest BCUT2D eigenvalue weighted by Gasteiger charge is 2.37. The molecule has 22 heavy (non-hydrogen) atoms. The topological polar surface area (TPSA) is 49.5 Å². The van der Waals surface area contributed by atoms with E-state index in [1.54, 1.807) is 0 Å². The number of hydrogen-bond donors (Lipinski definition) is 2. The lowest BCUT2D eigenvalue weighted by atomic mass is 9.80. The molecule has 124 valence electrons. The molecule has 1 saturated heterocycles. The SMILES string of the molecule is CC1(C)CC(N=c2c(Cl)c(Cl)c(Cl)c(Cl)n2O)CC(C)(C)N1. The molecule has 2 N–H and O–H groups in total. The summed E-state index contributed by atoms with van der Waals surface area (Å²) in [6.07, 6.45) is 1.59. The maximum absolute atomic E-state index is 10.1. The zero-order valence-electron chi connectivity index (χ0n) is 12.8. The van der Waals surface area contributed by atoms with Crippen molar-refractivity contribution in [2.45, 2.75) is 57.7 Å². The molecule has 2 heterocycles. The molecule has 1 aliphatic rings. The van der Waals surface area contributed by atoms with Gasteiger partial charge in [0, 0.05) is 11.1 Å². The molecular weight excluding hydrogens is 368 g/mol. The minimum Gasteiger partial charge on any atom is -0.425 e. The normalized spacial score (nSPS) is 22.1. The second-order valence-electron chi connectivity index (χ2n) is 6.95. The molecule has 1 aromatic heterocycles. The molecule has 1 aromatic rings. The van der Waals surface area contributed by atoms with Crippen LogP contribution in [0.15, 0.2) is 4.99 Å². The van der Waals surface area contributed by atoms with Crippen molar-refractivity contribution in [3.63, 3.8) is 0 Å². The fourth-order valence-electron chi connectivity index (χ4n) is 3.21. The molecule has 4 nitrogen and oxygen atoms in total. The molecule has 0 aromatic carbocycles. The Morgan fingerprint density at radius 2 is 1.50 bits per heavy atom. The third kappa shape index (κ3) is 3.68. The second kappa shape index (κ2) is 6.06. The highest BCUT2D eigenvalue weighted by Crippen LogP contribution is 2.33. The van der Waals surface area contributed by atoms with Gasteiger partial charge < -0.3 is 10.5 Å². The average molecular weight is 387 g/mol. The van der Waals surface area contributed by atoms with Crippen molar-refractivity contribution in [2.24, 2.45) is 4.99 Å². The molecule has 0 aliphatic carbocycles. The van der Waals surface area contributed by atoms with E-state index in [2.05, 4.69) is 38.0 Å². The number of nitrogens with zero attached hydrogens (tertiary/aromatic N) is 2. The first-order chi connectivity index (χ1) is 9.93. The number of halogens is 4. The fraction of sp³-hybridized carbons (Fsp3) is 0.643. The summed E-state index contributed by atoms with van der Waals surface area (Å²) in [5.74, 6) is 0. The van der Waals surface area contributed by atoms with E-state index in [0.29, 0.717) is 4.73 Å². The molecule has 0 atom stereocenters. The quantitative estimate of drug-likeness (QED) is 0.549. The van der Waals surface area contributed by atoms with Crippen molar-refractivity contribution in [1.82, 2.24) is 10.0 Å². The van der Waals surface area contributed by atoms with Gasteiger partial charge in [0.15, 0.2) is 10.6 Å². The molecule has 0 bridgehead atoms. The van der Waals surface area contributed by atoms with Gasteiger partial charge in [0.25, 0.3) is 0 Å². The zero-order valence-corrected chi connectivity index (χ0v) is 15.9. The zero-order chi connectivity index (χ0) is 16.9. The molecular formula is C14H19Cl4N3O. The molecule has 0 radical (unpaired) electrons. The number of aromatic nitrogens is 1. The Morgan fingerprint density at radius 1 is 1.00 bits per heavy atom. The lowest BCUT2D eigenvalue weighted by Gasteiger charge is -2.45. The highest BCUT2D eigenvalue weighted by molar-refractivity contribution is 6.51. The van der Waals surface area contributed by atoms with Crippen LogP contribution in [-0.2, 0) is 0 Å². The van der Waals surface area contributed by atoms with Crippen LogP contribution in [0.3, 0.4) is 0 Å². The summed E-state index contributed by atoms with van der Waals surface area (Å²) in [6.45, 7) is 8.47. The van der Waals surface area contributed by atoms with E-state index < -0.39 is 0 Å². The van der Waals surface area contributed by atoms with Gasteiger partial charge >= 0.3 is 0 Å². The Morgan fingerprint density at radius 3 is 2.00 bits per heavy atom.